The number of aliphatic carboxylic acids is 1. The molecule has 4 heteroatoms. The molecule has 0 amide bonds. The second-order valence-corrected chi connectivity index (χ2v) is 5.89. The lowest BCUT2D eigenvalue weighted by Gasteiger charge is -2.27. The van der Waals surface area contributed by atoms with Crippen molar-refractivity contribution in [3.63, 3.8) is 0 Å². The molecule has 0 aromatic heterocycles. The normalized spacial score (nSPS) is 17.7. The fraction of sp³-hybridized carbons (Fsp3) is 0.316. The van der Waals surface area contributed by atoms with E-state index in [4.69, 9.17) is 0 Å². The summed E-state index contributed by atoms with van der Waals surface area (Å²) in [6.45, 7) is 2.45. The Morgan fingerprint density at radius 3 is 2.65 bits per heavy atom. The van der Waals surface area contributed by atoms with Gasteiger partial charge in [-0.25, -0.2) is 4.39 Å². The highest BCUT2D eigenvalue weighted by molar-refractivity contribution is 5.76. The molecular weight excluding hydrogens is 293 g/mol. The van der Waals surface area contributed by atoms with Gasteiger partial charge in [0, 0.05) is 5.92 Å². The first-order valence-electron chi connectivity index (χ1n) is 7.94. The number of nitrogens with one attached hydrogen (secondary N) is 1. The van der Waals surface area contributed by atoms with E-state index in [2.05, 4.69) is 5.32 Å². The van der Waals surface area contributed by atoms with Crippen LogP contribution in [0.3, 0.4) is 0 Å². The lowest BCUT2D eigenvalue weighted by Crippen LogP contribution is -2.42. The smallest absolute Gasteiger partial charge is 0.321 e. The summed E-state index contributed by atoms with van der Waals surface area (Å²) in [6.07, 6.45) is 1.51. The molecule has 0 radical (unpaired) electrons. The molecule has 0 fully saturated rings. The number of hydrogen-bond acceptors (Lipinski definition) is 2. The van der Waals surface area contributed by atoms with E-state index in [1.807, 2.05) is 31.2 Å². The maximum atomic E-state index is 13.7. The average molecular weight is 313 g/mol. The van der Waals surface area contributed by atoms with E-state index in [1.165, 1.54) is 6.07 Å². The Morgan fingerprint density at radius 1 is 1.22 bits per heavy atom. The number of halogens is 1. The minimum Gasteiger partial charge on any atom is -0.480 e. The predicted octanol–water partition coefficient (Wildman–Crippen LogP) is 3.12. The van der Waals surface area contributed by atoms with Crippen LogP contribution >= 0.6 is 0 Å². The van der Waals surface area contributed by atoms with E-state index in [1.54, 1.807) is 12.1 Å². The maximum Gasteiger partial charge on any atom is 0.321 e. The molecule has 0 spiro atoms. The van der Waals surface area contributed by atoms with Gasteiger partial charge in [-0.15, -0.1) is 0 Å². The molecule has 2 N–H and O–H groups in total. The lowest BCUT2D eigenvalue weighted by atomic mass is 9.82. The topological polar surface area (TPSA) is 49.3 Å². The van der Waals surface area contributed by atoms with Gasteiger partial charge < -0.3 is 10.4 Å². The van der Waals surface area contributed by atoms with Crippen molar-refractivity contribution in [1.82, 2.24) is 5.32 Å². The fourth-order valence-corrected chi connectivity index (χ4v) is 3.52. The van der Waals surface area contributed by atoms with Crippen LogP contribution in [-0.4, -0.2) is 23.7 Å². The molecule has 0 saturated heterocycles. The molecule has 0 saturated carbocycles. The third-order valence-electron chi connectivity index (χ3n) is 4.52. The molecule has 0 aliphatic heterocycles. The van der Waals surface area contributed by atoms with Crippen LogP contribution in [0.5, 0.6) is 0 Å². The minimum atomic E-state index is -0.885. The highest BCUT2D eigenvalue weighted by atomic mass is 19.1. The van der Waals surface area contributed by atoms with Crippen molar-refractivity contribution in [2.75, 3.05) is 6.54 Å². The van der Waals surface area contributed by atoms with Crippen molar-refractivity contribution in [1.29, 1.82) is 0 Å². The van der Waals surface area contributed by atoms with Gasteiger partial charge in [-0.3, -0.25) is 4.79 Å². The van der Waals surface area contributed by atoms with Crippen molar-refractivity contribution in [2.24, 2.45) is 0 Å². The number of rotatable bonds is 4. The van der Waals surface area contributed by atoms with Gasteiger partial charge in [0.25, 0.3) is 0 Å². The first-order valence-corrected chi connectivity index (χ1v) is 7.94. The summed E-state index contributed by atoms with van der Waals surface area (Å²) < 4.78 is 13.7. The van der Waals surface area contributed by atoms with Gasteiger partial charge in [0.1, 0.15) is 11.9 Å². The number of hydrogen-bond donors (Lipinski definition) is 2. The summed E-state index contributed by atoms with van der Waals surface area (Å²) >= 11 is 0. The zero-order chi connectivity index (χ0) is 16.4. The molecule has 1 aliphatic carbocycles. The summed E-state index contributed by atoms with van der Waals surface area (Å²) in [4.78, 5) is 11.9. The van der Waals surface area contributed by atoms with Gasteiger partial charge >= 0.3 is 5.97 Å². The Morgan fingerprint density at radius 2 is 1.91 bits per heavy atom. The van der Waals surface area contributed by atoms with Crippen molar-refractivity contribution >= 4 is 5.97 Å². The molecule has 120 valence electrons. The van der Waals surface area contributed by atoms with Gasteiger partial charge in [-0.2, -0.15) is 0 Å². The van der Waals surface area contributed by atoms with Gasteiger partial charge in [-0.05, 0) is 53.8 Å². The molecule has 2 unspecified atom stereocenters. The van der Waals surface area contributed by atoms with E-state index in [-0.39, 0.29) is 11.7 Å². The first-order chi connectivity index (χ1) is 11.1. The molecular formula is C19H20FNO2. The number of aryl methyl sites for hydroxylation is 2. The SMILES string of the molecule is CCNC(C(=O)O)C1c2ccccc2CCc2cc(F)ccc21. The molecule has 2 aromatic rings. The molecule has 0 heterocycles. The Hall–Kier alpha value is -2.20. The van der Waals surface area contributed by atoms with Crippen LogP contribution in [0.1, 0.15) is 35.1 Å². The molecule has 0 bridgehead atoms. The second kappa shape index (κ2) is 6.50. The minimum absolute atomic E-state index is 0.274. The molecule has 2 aromatic carbocycles. The summed E-state index contributed by atoms with van der Waals surface area (Å²) in [7, 11) is 0. The first kappa shape index (κ1) is 15.7. The van der Waals surface area contributed by atoms with Gasteiger partial charge in [0.15, 0.2) is 0 Å². The maximum absolute atomic E-state index is 13.7. The number of benzene rings is 2. The Bertz CT molecular complexity index is 729. The number of fused-ring (bicyclic) bond motifs is 2. The van der Waals surface area contributed by atoms with Crippen LogP contribution in [0.4, 0.5) is 4.39 Å². The predicted molar refractivity (Wildman–Crippen MR) is 87.2 cm³/mol. The number of likely N-dealkylation sites (N-methyl/N-ethyl adjacent to an activating group) is 1. The summed E-state index contributed by atoms with van der Waals surface area (Å²) in [5.74, 6) is -1.48. The third-order valence-corrected chi connectivity index (χ3v) is 4.52. The van der Waals surface area contributed by atoms with Crippen molar-refractivity contribution < 1.29 is 14.3 Å². The Labute approximate surface area is 135 Å². The Kier molecular flexibility index (Phi) is 4.44. The number of carboxylic acid groups (broad SMARTS) is 1. The quantitative estimate of drug-likeness (QED) is 0.912. The highest BCUT2D eigenvalue weighted by Crippen LogP contribution is 2.37. The standard InChI is InChI=1S/C19H20FNO2/c1-2-21-18(19(22)23)17-15-6-4-3-5-12(15)7-8-13-11-14(20)9-10-16(13)17/h3-6,9-11,17-18,21H,2,7-8H2,1H3,(H,22,23). The van der Waals surface area contributed by atoms with Crippen LogP contribution in [0, 0.1) is 5.82 Å². The Balaban J connectivity index is 2.20. The molecule has 3 rings (SSSR count). The third kappa shape index (κ3) is 2.99. The monoisotopic (exact) mass is 313 g/mol. The molecule has 23 heavy (non-hydrogen) atoms. The largest absolute Gasteiger partial charge is 0.480 e. The molecule has 1 aliphatic rings. The van der Waals surface area contributed by atoms with E-state index < -0.39 is 12.0 Å². The molecule has 3 nitrogen and oxygen atoms in total. The van der Waals surface area contributed by atoms with Crippen LogP contribution in [0.25, 0.3) is 0 Å². The second-order valence-electron chi connectivity index (χ2n) is 5.89. The number of carboxylic acids is 1. The summed E-state index contributed by atoms with van der Waals surface area (Å²) in [6, 6.07) is 11.9. The summed E-state index contributed by atoms with van der Waals surface area (Å²) in [5, 5.41) is 12.8. The van der Waals surface area contributed by atoms with E-state index in [9.17, 15) is 14.3 Å². The highest BCUT2D eigenvalue weighted by Gasteiger charge is 2.34. The fourth-order valence-electron chi connectivity index (χ4n) is 3.52. The van der Waals surface area contributed by atoms with Crippen molar-refractivity contribution in [2.45, 2.75) is 31.7 Å². The van der Waals surface area contributed by atoms with Gasteiger partial charge in [0.05, 0.1) is 0 Å². The van der Waals surface area contributed by atoms with Crippen molar-refractivity contribution in [3.05, 3.63) is 70.5 Å². The van der Waals surface area contributed by atoms with Gasteiger partial charge in [0.2, 0.25) is 0 Å². The van der Waals surface area contributed by atoms with E-state index >= 15 is 0 Å². The number of carbonyl (C=O) groups is 1. The molecule has 2 atom stereocenters. The van der Waals surface area contributed by atoms with Crippen LogP contribution in [-0.2, 0) is 17.6 Å². The van der Waals surface area contributed by atoms with Gasteiger partial charge in [-0.1, -0.05) is 37.3 Å². The average Bonchev–Trinajstić information content (AvgIpc) is 2.69. The van der Waals surface area contributed by atoms with Crippen LogP contribution in [0.2, 0.25) is 0 Å². The zero-order valence-corrected chi connectivity index (χ0v) is 13.1. The summed E-state index contributed by atoms with van der Waals surface area (Å²) in [5.41, 5.74) is 3.96. The van der Waals surface area contributed by atoms with Crippen LogP contribution < -0.4 is 5.32 Å². The zero-order valence-electron chi connectivity index (χ0n) is 13.1. The van der Waals surface area contributed by atoms with Crippen molar-refractivity contribution in [3.8, 4) is 0 Å². The van der Waals surface area contributed by atoms with Crippen LogP contribution in [0.15, 0.2) is 42.5 Å². The van der Waals surface area contributed by atoms with E-state index in [0.29, 0.717) is 6.54 Å². The van der Waals surface area contributed by atoms with E-state index in [0.717, 1.165) is 35.1 Å². The lowest BCUT2D eigenvalue weighted by molar-refractivity contribution is -0.139.